The Hall–Kier alpha value is -2.58. The summed E-state index contributed by atoms with van der Waals surface area (Å²) >= 11 is 7.48. The Kier molecular flexibility index (Phi) is 4.99. The van der Waals surface area contributed by atoms with E-state index in [1.807, 2.05) is 13.8 Å². The molecule has 1 aromatic heterocycles. The molecule has 1 aliphatic heterocycles. The average molecular weight is 418 g/mol. The normalized spacial score (nSPS) is 18.3. The number of fused-ring (bicyclic) bond motifs is 1. The van der Waals surface area contributed by atoms with E-state index in [1.54, 1.807) is 35.0 Å². The van der Waals surface area contributed by atoms with Gasteiger partial charge in [0.15, 0.2) is 0 Å². The van der Waals surface area contributed by atoms with Gasteiger partial charge in [0.2, 0.25) is 11.1 Å². The van der Waals surface area contributed by atoms with E-state index in [4.69, 9.17) is 11.6 Å². The highest BCUT2D eigenvalue weighted by atomic mass is 35.5. The molecule has 1 aliphatic rings. The molecule has 28 heavy (non-hydrogen) atoms. The van der Waals surface area contributed by atoms with Gasteiger partial charge in [-0.15, -0.1) is 10.2 Å². The first-order valence-electron chi connectivity index (χ1n) is 8.60. The van der Waals surface area contributed by atoms with Crippen molar-refractivity contribution < 1.29 is 9.18 Å². The fourth-order valence-corrected chi connectivity index (χ4v) is 4.33. The van der Waals surface area contributed by atoms with Crippen molar-refractivity contribution >= 4 is 35.0 Å². The molecule has 0 saturated heterocycles. The molecule has 0 fully saturated rings. The van der Waals surface area contributed by atoms with Crippen LogP contribution in [0.1, 0.15) is 23.0 Å². The van der Waals surface area contributed by atoms with Crippen LogP contribution >= 0.6 is 23.4 Å². The van der Waals surface area contributed by atoms with Crippen LogP contribution in [0.5, 0.6) is 0 Å². The Morgan fingerprint density at radius 3 is 2.71 bits per heavy atom. The third-order valence-electron chi connectivity index (χ3n) is 4.61. The van der Waals surface area contributed by atoms with Gasteiger partial charge in [-0.3, -0.25) is 4.79 Å². The molecular weight excluding hydrogens is 401 g/mol. The van der Waals surface area contributed by atoms with Crippen molar-refractivity contribution in [2.45, 2.75) is 30.3 Å². The zero-order valence-electron chi connectivity index (χ0n) is 15.1. The van der Waals surface area contributed by atoms with Gasteiger partial charge in [-0.25, -0.2) is 9.07 Å². The number of aryl methyl sites for hydroxylation is 1. The van der Waals surface area contributed by atoms with Crippen molar-refractivity contribution in [1.29, 1.82) is 0 Å². The number of anilines is 1. The highest BCUT2D eigenvalue weighted by Crippen LogP contribution is 2.37. The number of nitrogens with one attached hydrogen (secondary N) is 2. The van der Waals surface area contributed by atoms with Crippen LogP contribution in [0, 0.1) is 19.7 Å². The van der Waals surface area contributed by atoms with Crippen molar-refractivity contribution in [2.24, 2.45) is 0 Å². The number of carbonyl (C=O) groups excluding carboxylic acids is 1. The van der Waals surface area contributed by atoms with Crippen LogP contribution in [0.15, 0.2) is 47.6 Å². The number of amides is 1. The third-order valence-corrected chi connectivity index (χ3v) is 6.24. The van der Waals surface area contributed by atoms with Crippen LogP contribution in [0.2, 0.25) is 5.02 Å². The lowest BCUT2D eigenvalue weighted by Gasteiger charge is -2.32. The average Bonchev–Trinajstić information content (AvgIpc) is 3.05. The zero-order valence-corrected chi connectivity index (χ0v) is 16.7. The number of benzene rings is 2. The fourth-order valence-electron chi connectivity index (χ4n) is 3.03. The second kappa shape index (κ2) is 7.44. The van der Waals surface area contributed by atoms with E-state index in [2.05, 4.69) is 20.9 Å². The van der Waals surface area contributed by atoms with E-state index in [0.717, 1.165) is 11.1 Å². The van der Waals surface area contributed by atoms with Crippen LogP contribution in [-0.2, 0) is 4.79 Å². The number of halogens is 2. The summed E-state index contributed by atoms with van der Waals surface area (Å²) < 4.78 is 15.1. The molecule has 0 aliphatic carbocycles. The van der Waals surface area contributed by atoms with Gasteiger partial charge in [-0.1, -0.05) is 41.6 Å². The predicted octanol–water partition coefficient (Wildman–Crippen LogP) is 4.09. The molecule has 3 aromatic rings. The molecule has 1 amide bonds. The van der Waals surface area contributed by atoms with E-state index in [1.165, 1.54) is 23.9 Å². The summed E-state index contributed by atoms with van der Waals surface area (Å²) in [4.78, 5) is 13.2. The van der Waals surface area contributed by atoms with Crippen LogP contribution in [0.4, 0.5) is 10.1 Å². The minimum absolute atomic E-state index is 0.205. The largest absolute Gasteiger partial charge is 0.325 e. The Labute approximate surface area is 170 Å². The van der Waals surface area contributed by atoms with Crippen molar-refractivity contribution in [3.63, 3.8) is 0 Å². The number of hydrogen-bond donors (Lipinski definition) is 2. The van der Waals surface area contributed by atoms with Gasteiger partial charge in [0, 0.05) is 10.7 Å². The van der Waals surface area contributed by atoms with Gasteiger partial charge in [-0.05, 0) is 49.2 Å². The van der Waals surface area contributed by atoms with Crippen LogP contribution in [0.3, 0.4) is 0 Å². The number of thioether (sulfide) groups is 1. The maximum atomic E-state index is 13.4. The minimum Gasteiger partial charge on any atom is -0.325 e. The molecular formula is C19H17ClFN5OS. The minimum atomic E-state index is -0.542. The molecule has 0 bridgehead atoms. The summed E-state index contributed by atoms with van der Waals surface area (Å²) in [6.45, 7) is 3.67. The zero-order chi connectivity index (χ0) is 19.8. The Bertz CT molecular complexity index is 1040. The summed E-state index contributed by atoms with van der Waals surface area (Å²) in [5.74, 6) is 0.146. The molecule has 6 nitrogen and oxygen atoms in total. The molecule has 4 rings (SSSR count). The van der Waals surface area contributed by atoms with E-state index >= 15 is 0 Å². The first kappa shape index (κ1) is 18.8. The highest BCUT2D eigenvalue weighted by molar-refractivity contribution is 8.00. The third kappa shape index (κ3) is 3.45. The predicted molar refractivity (Wildman–Crippen MR) is 108 cm³/mol. The number of rotatable bonds is 3. The van der Waals surface area contributed by atoms with E-state index < -0.39 is 11.3 Å². The smallest absolute Gasteiger partial charge is 0.240 e. The molecule has 2 atom stereocenters. The second-order valence-electron chi connectivity index (χ2n) is 6.46. The van der Waals surface area contributed by atoms with E-state index in [9.17, 15) is 9.18 Å². The van der Waals surface area contributed by atoms with Crippen molar-refractivity contribution in [2.75, 3.05) is 10.7 Å². The Morgan fingerprint density at radius 2 is 1.96 bits per heavy atom. The number of carbonyl (C=O) groups is 1. The lowest BCUT2D eigenvalue weighted by Crippen LogP contribution is -2.41. The SMILES string of the molecule is Cc1c(Cl)cccc1NC(=O)C1Sc2nnc(C)n2NC1c1ccc(F)cc1. The van der Waals surface area contributed by atoms with Crippen LogP contribution in [0.25, 0.3) is 0 Å². The molecule has 2 heterocycles. The molecule has 2 N–H and O–H groups in total. The first-order valence-corrected chi connectivity index (χ1v) is 9.86. The monoisotopic (exact) mass is 417 g/mol. The number of hydrogen-bond acceptors (Lipinski definition) is 5. The molecule has 0 saturated carbocycles. The second-order valence-corrected chi connectivity index (χ2v) is 7.98. The van der Waals surface area contributed by atoms with E-state index in [-0.39, 0.29) is 11.7 Å². The quantitative estimate of drug-likeness (QED) is 0.671. The maximum Gasteiger partial charge on any atom is 0.240 e. The molecule has 0 radical (unpaired) electrons. The Balaban J connectivity index is 1.68. The summed E-state index contributed by atoms with van der Waals surface area (Å²) in [6.07, 6.45) is 0. The lowest BCUT2D eigenvalue weighted by atomic mass is 10.0. The summed E-state index contributed by atoms with van der Waals surface area (Å²) in [5.41, 5.74) is 5.52. The summed E-state index contributed by atoms with van der Waals surface area (Å²) in [5, 5.41) is 11.8. The van der Waals surface area contributed by atoms with Gasteiger partial charge < -0.3 is 10.7 Å². The standard InChI is InChI=1S/C19H17ClFN5OS/c1-10-14(20)4-3-5-15(10)22-18(27)17-16(12-6-8-13(21)9-7-12)25-26-11(2)23-24-19(26)28-17/h3-9,16-17,25H,1-2H3,(H,22,27). The molecule has 2 aromatic carbocycles. The molecule has 9 heteroatoms. The lowest BCUT2D eigenvalue weighted by molar-refractivity contribution is -0.116. The van der Waals surface area contributed by atoms with Gasteiger partial charge in [-0.2, -0.15) is 0 Å². The Morgan fingerprint density at radius 1 is 1.21 bits per heavy atom. The van der Waals surface area contributed by atoms with Gasteiger partial charge in [0.1, 0.15) is 16.9 Å². The van der Waals surface area contributed by atoms with Crippen molar-refractivity contribution in [1.82, 2.24) is 14.9 Å². The fraction of sp³-hybridized carbons (Fsp3) is 0.211. The van der Waals surface area contributed by atoms with Gasteiger partial charge >= 0.3 is 0 Å². The molecule has 0 spiro atoms. The summed E-state index contributed by atoms with van der Waals surface area (Å²) in [7, 11) is 0. The topological polar surface area (TPSA) is 71.8 Å². The van der Waals surface area contributed by atoms with Gasteiger partial charge in [0.05, 0.1) is 6.04 Å². The summed E-state index contributed by atoms with van der Waals surface area (Å²) in [6, 6.07) is 11.1. The van der Waals surface area contributed by atoms with Gasteiger partial charge in [0.25, 0.3) is 0 Å². The van der Waals surface area contributed by atoms with Crippen LogP contribution in [-0.4, -0.2) is 26.0 Å². The van der Waals surface area contributed by atoms with Crippen molar-refractivity contribution in [3.8, 4) is 0 Å². The highest BCUT2D eigenvalue weighted by Gasteiger charge is 2.37. The van der Waals surface area contributed by atoms with Crippen LogP contribution < -0.4 is 10.7 Å². The van der Waals surface area contributed by atoms with Crippen molar-refractivity contribution in [3.05, 3.63) is 70.3 Å². The first-order chi connectivity index (χ1) is 13.4. The van der Waals surface area contributed by atoms with E-state index in [0.29, 0.717) is 21.7 Å². The number of nitrogens with zero attached hydrogens (tertiary/aromatic N) is 3. The molecule has 2 unspecified atom stereocenters. The molecule has 144 valence electrons. The number of aromatic nitrogens is 3. The maximum absolute atomic E-state index is 13.4.